The highest BCUT2D eigenvalue weighted by atomic mass is 33.1. The Morgan fingerprint density at radius 2 is 1.91 bits per heavy atom. The predicted octanol–water partition coefficient (Wildman–Crippen LogP) is 0.566. The Labute approximate surface area is 75.3 Å². The van der Waals surface area contributed by atoms with Crippen LogP contribution in [0.2, 0.25) is 0 Å². The van der Waals surface area contributed by atoms with Gasteiger partial charge in [0.1, 0.15) is 6.04 Å². The van der Waals surface area contributed by atoms with Crippen molar-refractivity contribution in [3.05, 3.63) is 0 Å². The lowest BCUT2D eigenvalue weighted by Crippen LogP contribution is -2.20. The van der Waals surface area contributed by atoms with Crippen molar-refractivity contribution in [2.75, 3.05) is 11.5 Å². The molecule has 0 saturated heterocycles. The summed E-state index contributed by atoms with van der Waals surface area (Å²) in [6.07, 6.45) is 0. The minimum atomic E-state index is -0.347. The van der Waals surface area contributed by atoms with Gasteiger partial charge in [-0.15, -0.1) is 0 Å². The molecule has 4 N–H and O–H groups in total. The molecule has 64 valence electrons. The van der Waals surface area contributed by atoms with Gasteiger partial charge in [-0.2, -0.15) is 5.26 Å². The van der Waals surface area contributed by atoms with E-state index in [0.717, 1.165) is 5.75 Å². The first-order valence-electron chi connectivity index (χ1n) is 3.32. The molecule has 0 bridgehead atoms. The minimum Gasteiger partial charge on any atom is -0.327 e. The Balaban J connectivity index is 3.10. The van der Waals surface area contributed by atoms with Crippen LogP contribution in [-0.2, 0) is 0 Å². The molecule has 0 aliphatic heterocycles. The lowest BCUT2D eigenvalue weighted by Gasteiger charge is -2.04. The summed E-state index contributed by atoms with van der Waals surface area (Å²) in [5.74, 6) is 1.58. The predicted molar refractivity (Wildman–Crippen MR) is 52.2 cm³/mol. The second-order valence-corrected chi connectivity index (χ2v) is 4.83. The van der Waals surface area contributed by atoms with Crippen molar-refractivity contribution in [1.29, 1.82) is 5.26 Å². The second kappa shape index (κ2) is 6.80. The number of nitrogens with two attached hydrogens (primary N) is 2. The van der Waals surface area contributed by atoms with Crippen LogP contribution in [-0.4, -0.2) is 23.6 Å². The Kier molecular flexibility index (Phi) is 6.87. The smallest absolute Gasteiger partial charge is 0.103 e. The van der Waals surface area contributed by atoms with Crippen LogP contribution in [0, 0.1) is 11.3 Å². The maximum Gasteiger partial charge on any atom is 0.103 e. The van der Waals surface area contributed by atoms with Crippen LogP contribution < -0.4 is 11.5 Å². The van der Waals surface area contributed by atoms with Crippen LogP contribution >= 0.6 is 21.6 Å². The van der Waals surface area contributed by atoms with Crippen molar-refractivity contribution in [3.63, 3.8) is 0 Å². The molecule has 0 fully saturated rings. The molecule has 0 aromatic carbocycles. The summed E-state index contributed by atoms with van der Waals surface area (Å²) in [6, 6.07) is 1.83. The van der Waals surface area contributed by atoms with Crippen LogP contribution in [0.5, 0.6) is 0 Å². The van der Waals surface area contributed by atoms with Gasteiger partial charge in [0.05, 0.1) is 6.07 Å². The largest absolute Gasteiger partial charge is 0.327 e. The average molecular weight is 191 g/mol. The van der Waals surface area contributed by atoms with Gasteiger partial charge in [-0.3, -0.25) is 0 Å². The van der Waals surface area contributed by atoms with Gasteiger partial charge in [-0.1, -0.05) is 21.6 Å². The van der Waals surface area contributed by atoms with Crippen molar-refractivity contribution in [3.8, 4) is 6.07 Å². The normalized spacial score (nSPS) is 15.5. The fourth-order valence-electron chi connectivity index (χ4n) is 0.314. The lowest BCUT2D eigenvalue weighted by molar-refractivity contribution is 0.849. The SMILES string of the molecule is CC(N)CSSCC(N)C#N. The standard InChI is InChI=1S/C6H13N3S2/c1-5(8)3-10-11-4-6(9)2-7/h5-6H,3-4,8-9H2,1H3. The highest BCUT2D eigenvalue weighted by Crippen LogP contribution is 2.21. The number of hydrogen-bond donors (Lipinski definition) is 2. The first-order valence-corrected chi connectivity index (χ1v) is 5.80. The molecule has 2 atom stereocenters. The summed E-state index contributed by atoms with van der Waals surface area (Å²) in [7, 11) is 3.27. The van der Waals surface area contributed by atoms with Crippen molar-refractivity contribution >= 4 is 21.6 Å². The molecule has 0 rings (SSSR count). The van der Waals surface area contributed by atoms with E-state index in [1.165, 1.54) is 0 Å². The third-order valence-electron chi connectivity index (χ3n) is 0.828. The van der Waals surface area contributed by atoms with Gasteiger partial charge in [-0.05, 0) is 6.92 Å². The Morgan fingerprint density at radius 3 is 2.36 bits per heavy atom. The summed E-state index contributed by atoms with van der Waals surface area (Å²) in [6.45, 7) is 1.96. The van der Waals surface area contributed by atoms with Crippen LogP contribution in [0.1, 0.15) is 6.92 Å². The third-order valence-corrected chi connectivity index (χ3v) is 3.47. The van der Waals surface area contributed by atoms with E-state index in [1.807, 2.05) is 13.0 Å². The summed E-state index contributed by atoms with van der Waals surface area (Å²) in [5.41, 5.74) is 10.9. The van der Waals surface area contributed by atoms with Crippen molar-refractivity contribution in [1.82, 2.24) is 0 Å². The van der Waals surface area contributed by atoms with Gasteiger partial charge in [-0.25, -0.2) is 0 Å². The monoisotopic (exact) mass is 191 g/mol. The van der Waals surface area contributed by atoms with Crippen LogP contribution in [0.3, 0.4) is 0 Å². The fraction of sp³-hybridized carbons (Fsp3) is 0.833. The molecular formula is C6H13N3S2. The van der Waals surface area contributed by atoms with Crippen molar-refractivity contribution in [2.45, 2.75) is 19.0 Å². The Bertz CT molecular complexity index is 132. The van der Waals surface area contributed by atoms with Crippen LogP contribution in [0.15, 0.2) is 0 Å². The van der Waals surface area contributed by atoms with Crippen LogP contribution in [0.25, 0.3) is 0 Å². The van der Waals surface area contributed by atoms with E-state index in [4.69, 9.17) is 16.7 Å². The maximum absolute atomic E-state index is 8.32. The van der Waals surface area contributed by atoms with E-state index in [-0.39, 0.29) is 12.1 Å². The van der Waals surface area contributed by atoms with Gasteiger partial charge in [0.25, 0.3) is 0 Å². The molecule has 3 nitrogen and oxygen atoms in total. The fourth-order valence-corrected chi connectivity index (χ4v) is 2.60. The molecule has 0 aromatic rings. The zero-order chi connectivity index (χ0) is 8.69. The van der Waals surface area contributed by atoms with Crippen molar-refractivity contribution < 1.29 is 0 Å². The Morgan fingerprint density at radius 1 is 1.36 bits per heavy atom. The van der Waals surface area contributed by atoms with Gasteiger partial charge in [0.15, 0.2) is 0 Å². The maximum atomic E-state index is 8.32. The first-order chi connectivity index (χ1) is 5.16. The van der Waals surface area contributed by atoms with Gasteiger partial charge < -0.3 is 11.5 Å². The van der Waals surface area contributed by atoms with Crippen molar-refractivity contribution in [2.24, 2.45) is 11.5 Å². The van der Waals surface area contributed by atoms with E-state index < -0.39 is 0 Å². The molecular weight excluding hydrogens is 178 g/mol. The molecule has 11 heavy (non-hydrogen) atoms. The highest BCUT2D eigenvalue weighted by Gasteiger charge is 2.00. The topological polar surface area (TPSA) is 75.8 Å². The highest BCUT2D eigenvalue weighted by molar-refractivity contribution is 8.76. The molecule has 0 aliphatic rings. The zero-order valence-electron chi connectivity index (χ0n) is 6.49. The van der Waals surface area contributed by atoms with E-state index >= 15 is 0 Å². The number of hydrogen-bond acceptors (Lipinski definition) is 5. The molecule has 0 saturated carbocycles. The van der Waals surface area contributed by atoms with Gasteiger partial charge in [0, 0.05) is 17.5 Å². The molecule has 0 spiro atoms. The summed E-state index contributed by atoms with van der Waals surface area (Å²) in [5, 5.41) is 8.32. The molecule has 2 unspecified atom stereocenters. The van der Waals surface area contributed by atoms with E-state index in [1.54, 1.807) is 21.6 Å². The summed E-state index contributed by atoms with van der Waals surface area (Å²) < 4.78 is 0. The molecule has 0 amide bonds. The minimum absolute atomic E-state index is 0.214. The average Bonchev–Trinajstić information content (AvgIpc) is 1.97. The Hall–Kier alpha value is 0.110. The van der Waals surface area contributed by atoms with E-state index in [9.17, 15) is 0 Å². The molecule has 5 heteroatoms. The second-order valence-electron chi connectivity index (χ2n) is 2.28. The first kappa shape index (κ1) is 11.1. The lowest BCUT2D eigenvalue weighted by atomic mass is 10.4. The number of nitrogens with zero attached hydrogens (tertiary/aromatic N) is 1. The number of nitriles is 1. The van der Waals surface area contributed by atoms with E-state index in [0.29, 0.717) is 5.75 Å². The third kappa shape index (κ3) is 8.01. The quantitative estimate of drug-likeness (QED) is 0.491. The molecule has 0 aliphatic carbocycles. The van der Waals surface area contributed by atoms with Gasteiger partial charge >= 0.3 is 0 Å². The summed E-state index contributed by atoms with van der Waals surface area (Å²) >= 11 is 0. The molecule has 0 aromatic heterocycles. The zero-order valence-corrected chi connectivity index (χ0v) is 8.12. The molecule has 0 radical (unpaired) electrons. The number of rotatable bonds is 5. The molecule has 0 heterocycles. The summed E-state index contributed by atoms with van der Waals surface area (Å²) in [4.78, 5) is 0. The van der Waals surface area contributed by atoms with Crippen LogP contribution in [0.4, 0.5) is 0 Å². The van der Waals surface area contributed by atoms with Gasteiger partial charge in [0.2, 0.25) is 0 Å². The van der Waals surface area contributed by atoms with E-state index in [2.05, 4.69) is 0 Å².